The molecule has 1 aliphatic heterocycles. The van der Waals surface area contributed by atoms with E-state index in [4.69, 9.17) is 9.72 Å². The lowest BCUT2D eigenvalue weighted by molar-refractivity contribution is 0.0218. The maximum absolute atomic E-state index is 12.9. The van der Waals surface area contributed by atoms with Crippen LogP contribution in [0.15, 0.2) is 104 Å². The van der Waals surface area contributed by atoms with E-state index in [0.717, 1.165) is 69.3 Å². The topological polar surface area (TPSA) is 91.8 Å². The Labute approximate surface area is 288 Å². The molecular weight excluding hydrogens is 608 g/mol. The number of benzene rings is 3. The number of nitrogens with zero attached hydrogens (tertiary/aromatic N) is 4. The van der Waals surface area contributed by atoms with Gasteiger partial charge in [0.15, 0.2) is 0 Å². The molecule has 1 fully saturated rings. The van der Waals surface area contributed by atoms with Crippen LogP contribution in [0.2, 0.25) is 0 Å². The third-order valence-electron chi connectivity index (χ3n) is 9.16. The number of hydrogen-bond donors (Lipinski definition) is 2. The normalized spacial score (nSPS) is 15.1. The van der Waals surface area contributed by atoms with Crippen molar-refractivity contribution in [2.45, 2.75) is 71.4 Å². The van der Waals surface area contributed by atoms with Gasteiger partial charge in [-0.2, -0.15) is 0 Å². The molecule has 0 saturated carbocycles. The van der Waals surface area contributed by atoms with E-state index in [-0.39, 0.29) is 17.6 Å². The van der Waals surface area contributed by atoms with Gasteiger partial charge in [-0.3, -0.25) is 4.90 Å². The number of aromatic amines is 2. The lowest BCUT2D eigenvalue weighted by Crippen LogP contribution is -2.36. The zero-order valence-electron chi connectivity index (χ0n) is 29.1. The highest BCUT2D eigenvalue weighted by molar-refractivity contribution is 5.84. The van der Waals surface area contributed by atoms with Crippen molar-refractivity contribution in [1.82, 2.24) is 29.4 Å². The standard InChI is InChI=1S/C41H44N6O2/c1-40(2,3)31-17-13-30(14-18-31)37-33(27-9-11-28(12-10-27)34-24-42-26-44-34)21-23-46(37)32-19-15-29(16-20-32)35-25-43-38(45-35)36-8-7-22-47(36)39(48)49-41(4,5)6/h9-21,23-26,36H,7-8,22H2,1-6H3,(H,42,44)(H,43,45). The van der Waals surface area contributed by atoms with Crippen LogP contribution in [0.25, 0.3) is 50.6 Å². The van der Waals surface area contributed by atoms with Crippen LogP contribution in [-0.2, 0) is 10.2 Å². The first kappa shape index (κ1) is 32.2. The van der Waals surface area contributed by atoms with Gasteiger partial charge >= 0.3 is 6.09 Å². The molecule has 1 unspecified atom stereocenters. The number of likely N-dealkylation sites (tertiary alicyclic amines) is 1. The molecular formula is C41H44N6O2. The Hall–Kier alpha value is -5.37. The summed E-state index contributed by atoms with van der Waals surface area (Å²) in [4.78, 5) is 30.3. The van der Waals surface area contributed by atoms with E-state index in [2.05, 4.69) is 125 Å². The molecule has 49 heavy (non-hydrogen) atoms. The quantitative estimate of drug-likeness (QED) is 0.187. The maximum Gasteiger partial charge on any atom is 0.410 e. The van der Waals surface area contributed by atoms with Gasteiger partial charge in [-0.05, 0) is 85.0 Å². The SMILES string of the molecule is CC(C)(C)OC(=O)N1CCCC1c1ncc(-c2ccc(-n3ccc(-c4ccc(-c5cnc[nH]5)cc4)c3-c3ccc(C(C)(C)C)cc3)cc2)[nH]1. The number of nitrogens with one attached hydrogen (secondary N) is 2. The van der Waals surface area contributed by atoms with Crippen molar-refractivity contribution in [2.75, 3.05) is 6.54 Å². The number of carbonyl (C=O) groups is 1. The van der Waals surface area contributed by atoms with E-state index in [1.807, 2.05) is 33.2 Å². The summed E-state index contributed by atoms with van der Waals surface area (Å²) in [5.41, 5.74) is 10.5. The van der Waals surface area contributed by atoms with Crippen molar-refractivity contribution in [3.63, 3.8) is 0 Å². The zero-order valence-corrected chi connectivity index (χ0v) is 29.1. The Morgan fingerprint density at radius 3 is 2.10 bits per heavy atom. The second kappa shape index (κ2) is 12.6. The average molecular weight is 653 g/mol. The number of imidazole rings is 2. The molecule has 8 heteroatoms. The molecule has 8 nitrogen and oxygen atoms in total. The fourth-order valence-corrected chi connectivity index (χ4v) is 6.59. The Balaban J connectivity index is 1.20. The Morgan fingerprint density at radius 1 is 0.796 bits per heavy atom. The van der Waals surface area contributed by atoms with Crippen molar-refractivity contribution < 1.29 is 9.53 Å². The number of carbonyl (C=O) groups excluding carboxylic acids is 1. The van der Waals surface area contributed by atoms with Gasteiger partial charge in [0.1, 0.15) is 11.4 Å². The van der Waals surface area contributed by atoms with Crippen molar-refractivity contribution in [2.24, 2.45) is 0 Å². The van der Waals surface area contributed by atoms with Crippen LogP contribution in [-0.4, -0.2) is 47.6 Å². The minimum atomic E-state index is -0.540. The molecule has 3 aromatic carbocycles. The first-order valence-electron chi connectivity index (χ1n) is 17.0. The molecule has 6 aromatic rings. The summed E-state index contributed by atoms with van der Waals surface area (Å²) in [6, 6.07) is 28.2. The molecule has 1 atom stereocenters. The van der Waals surface area contributed by atoms with Crippen LogP contribution in [0.1, 0.15) is 71.8 Å². The fraction of sp³-hybridized carbons (Fsp3) is 0.293. The van der Waals surface area contributed by atoms with Crippen molar-refractivity contribution >= 4 is 6.09 Å². The molecule has 1 aliphatic rings. The summed E-state index contributed by atoms with van der Waals surface area (Å²) in [5.74, 6) is 0.789. The van der Waals surface area contributed by atoms with E-state index >= 15 is 0 Å². The molecule has 3 aromatic heterocycles. The summed E-state index contributed by atoms with van der Waals surface area (Å²) in [6.07, 6.45) is 9.04. The van der Waals surface area contributed by atoms with Gasteiger partial charge < -0.3 is 19.3 Å². The molecule has 1 saturated heterocycles. The van der Waals surface area contributed by atoms with E-state index < -0.39 is 5.60 Å². The van der Waals surface area contributed by atoms with Crippen molar-refractivity contribution in [3.8, 4) is 50.6 Å². The minimum absolute atomic E-state index is 0.0695. The lowest BCUT2D eigenvalue weighted by atomic mass is 9.86. The summed E-state index contributed by atoms with van der Waals surface area (Å²) >= 11 is 0. The molecule has 0 bridgehead atoms. The molecule has 4 heterocycles. The molecule has 7 rings (SSSR count). The van der Waals surface area contributed by atoms with Crippen molar-refractivity contribution in [3.05, 3.63) is 115 Å². The van der Waals surface area contributed by atoms with E-state index in [9.17, 15) is 4.79 Å². The first-order chi connectivity index (χ1) is 23.4. The Morgan fingerprint density at radius 2 is 1.45 bits per heavy atom. The second-order valence-electron chi connectivity index (χ2n) is 14.9. The fourth-order valence-electron chi connectivity index (χ4n) is 6.59. The Kier molecular flexibility index (Phi) is 8.27. The highest BCUT2D eigenvalue weighted by Gasteiger charge is 2.35. The molecule has 1 amide bonds. The Bertz CT molecular complexity index is 2040. The average Bonchev–Trinajstić information content (AvgIpc) is 3.90. The monoisotopic (exact) mass is 652 g/mol. The van der Waals surface area contributed by atoms with Crippen LogP contribution in [0.3, 0.4) is 0 Å². The first-order valence-corrected chi connectivity index (χ1v) is 17.0. The van der Waals surface area contributed by atoms with Gasteiger partial charge in [0, 0.05) is 24.0 Å². The third kappa shape index (κ3) is 6.68. The van der Waals surface area contributed by atoms with Gasteiger partial charge in [-0.15, -0.1) is 0 Å². The number of H-pyrrole nitrogens is 2. The van der Waals surface area contributed by atoms with Gasteiger partial charge in [0.2, 0.25) is 0 Å². The maximum atomic E-state index is 12.9. The van der Waals surface area contributed by atoms with Crippen LogP contribution in [0.5, 0.6) is 0 Å². The molecule has 250 valence electrons. The molecule has 0 spiro atoms. The number of ether oxygens (including phenoxy) is 1. The second-order valence-corrected chi connectivity index (χ2v) is 14.9. The summed E-state index contributed by atoms with van der Waals surface area (Å²) in [7, 11) is 0. The van der Waals surface area contributed by atoms with E-state index in [0.29, 0.717) is 6.54 Å². The number of hydrogen-bond acceptors (Lipinski definition) is 4. The largest absolute Gasteiger partial charge is 0.444 e. The van der Waals surface area contributed by atoms with Crippen LogP contribution in [0, 0.1) is 0 Å². The summed E-state index contributed by atoms with van der Waals surface area (Å²) in [6.45, 7) is 13.1. The highest BCUT2D eigenvalue weighted by Crippen LogP contribution is 2.38. The van der Waals surface area contributed by atoms with Gasteiger partial charge in [0.05, 0.1) is 41.8 Å². The highest BCUT2D eigenvalue weighted by atomic mass is 16.6. The third-order valence-corrected chi connectivity index (χ3v) is 9.16. The van der Waals surface area contributed by atoms with Crippen LogP contribution in [0.4, 0.5) is 4.79 Å². The van der Waals surface area contributed by atoms with Crippen molar-refractivity contribution in [1.29, 1.82) is 0 Å². The number of amides is 1. The van der Waals surface area contributed by atoms with E-state index in [1.165, 1.54) is 5.56 Å². The predicted octanol–water partition coefficient (Wildman–Crippen LogP) is 9.96. The van der Waals surface area contributed by atoms with Crippen LogP contribution < -0.4 is 0 Å². The minimum Gasteiger partial charge on any atom is -0.444 e. The molecule has 2 N–H and O–H groups in total. The number of rotatable bonds is 6. The zero-order chi connectivity index (χ0) is 34.3. The van der Waals surface area contributed by atoms with Crippen LogP contribution >= 0.6 is 0 Å². The van der Waals surface area contributed by atoms with Gasteiger partial charge in [0.25, 0.3) is 0 Å². The lowest BCUT2D eigenvalue weighted by Gasteiger charge is -2.27. The number of aromatic nitrogens is 5. The summed E-state index contributed by atoms with van der Waals surface area (Å²) in [5, 5.41) is 0. The van der Waals surface area contributed by atoms with Gasteiger partial charge in [-0.1, -0.05) is 81.4 Å². The summed E-state index contributed by atoms with van der Waals surface area (Å²) < 4.78 is 7.94. The van der Waals surface area contributed by atoms with Gasteiger partial charge in [-0.25, -0.2) is 14.8 Å². The predicted molar refractivity (Wildman–Crippen MR) is 195 cm³/mol. The smallest absolute Gasteiger partial charge is 0.410 e. The molecule has 0 radical (unpaired) electrons. The van der Waals surface area contributed by atoms with E-state index in [1.54, 1.807) is 11.2 Å². The molecule has 0 aliphatic carbocycles.